The van der Waals surface area contributed by atoms with Gasteiger partial charge in [-0.1, -0.05) is 30.3 Å². The lowest BCUT2D eigenvalue weighted by Crippen LogP contribution is -2.40. The highest BCUT2D eigenvalue weighted by Gasteiger charge is 2.40. The Morgan fingerprint density at radius 2 is 1.69 bits per heavy atom. The van der Waals surface area contributed by atoms with Gasteiger partial charge in [0.05, 0.1) is 11.5 Å². The summed E-state index contributed by atoms with van der Waals surface area (Å²) in [6.07, 6.45) is 3.10. The molecule has 0 spiro atoms. The first-order chi connectivity index (χ1) is 7.58. The van der Waals surface area contributed by atoms with Crippen molar-refractivity contribution in [3.8, 4) is 6.07 Å². The van der Waals surface area contributed by atoms with Crippen molar-refractivity contribution >= 4 is 16.3 Å². The minimum absolute atomic E-state index is 0.363. The van der Waals surface area contributed by atoms with Gasteiger partial charge in [0.1, 0.15) is 0 Å². The van der Waals surface area contributed by atoms with E-state index in [-0.39, 0.29) is 5.41 Å². The maximum absolute atomic E-state index is 10.0. The number of hydrogen-bond acceptors (Lipinski definition) is 2. The molecule has 1 aliphatic rings. The molecule has 0 aliphatic heterocycles. The van der Waals surface area contributed by atoms with Gasteiger partial charge in [0.15, 0.2) is 0 Å². The molecule has 0 heterocycles. The number of aliphatic hydroxyl groups is 1. The average Bonchev–Trinajstić information content (AvgIpc) is 2.31. The van der Waals surface area contributed by atoms with Crippen molar-refractivity contribution in [3.63, 3.8) is 0 Å². The summed E-state index contributed by atoms with van der Waals surface area (Å²) in [5.74, 6) is 0. The molecule has 2 rings (SSSR count). The van der Waals surface area contributed by atoms with Gasteiger partial charge in [-0.05, 0) is 31.2 Å². The molecule has 1 saturated carbocycles. The van der Waals surface area contributed by atoms with Crippen LogP contribution in [0.2, 0.25) is 0 Å². The molecule has 0 radical (unpaired) electrons. The van der Waals surface area contributed by atoms with Crippen LogP contribution in [-0.4, -0.2) is 25.9 Å². The number of nitrogens with zero attached hydrogens (tertiary/aromatic N) is 1. The molecule has 1 fully saturated rings. The highest BCUT2D eigenvalue weighted by Crippen LogP contribution is 2.41. The van der Waals surface area contributed by atoms with E-state index < -0.39 is 4.46 Å². The Hall–Kier alpha value is -0.798. The predicted octanol–water partition coefficient (Wildman–Crippen LogP) is 1.34. The Bertz CT molecular complexity index is 398. The van der Waals surface area contributed by atoms with Crippen molar-refractivity contribution < 1.29 is 5.11 Å². The van der Waals surface area contributed by atoms with Gasteiger partial charge in [-0.15, -0.1) is 0 Å². The third kappa shape index (κ3) is 2.16. The summed E-state index contributed by atoms with van der Waals surface area (Å²) < 4.78 is -0.449. The van der Waals surface area contributed by atoms with Crippen molar-refractivity contribution in [1.29, 1.82) is 5.26 Å². The third-order valence-electron chi connectivity index (χ3n) is 3.72. The Kier molecular flexibility index (Phi) is 3.09. The van der Waals surface area contributed by atoms with E-state index in [9.17, 15) is 10.4 Å². The van der Waals surface area contributed by atoms with Crippen LogP contribution in [0.4, 0.5) is 0 Å². The van der Waals surface area contributed by atoms with Crippen LogP contribution in [0.5, 0.6) is 0 Å². The quantitative estimate of drug-likeness (QED) is 0.739. The zero-order valence-electron chi connectivity index (χ0n) is 9.61. The van der Waals surface area contributed by atoms with E-state index >= 15 is 0 Å². The Balaban J connectivity index is 2.27. The summed E-state index contributed by atoms with van der Waals surface area (Å²) in [7, 11) is 0. The predicted molar refractivity (Wildman–Crippen MR) is 65.7 cm³/mol. The molecule has 0 amide bonds. The lowest BCUT2D eigenvalue weighted by Gasteiger charge is -2.39. The number of rotatable bonds is 1. The standard InChI is InChI=1S/C13H14NO.Al.2H/c14-10-13(8-6-12(15)7-9-13)11-4-2-1-3-5-11;;;/h1-5,15H,6-9H2;;;. The molecular weight excluding hydrogens is 213 g/mol. The normalized spacial score (nSPS) is 34.2. The second-order valence-electron chi connectivity index (χ2n) is 5.06. The Morgan fingerprint density at radius 3 is 2.19 bits per heavy atom. The number of hydrogen-bond donors (Lipinski definition) is 1. The van der Waals surface area contributed by atoms with Gasteiger partial charge >= 0.3 is 0 Å². The maximum Gasteiger partial charge on any atom is 0.263 e. The van der Waals surface area contributed by atoms with E-state index in [4.69, 9.17) is 0 Å². The number of nitriles is 1. The molecule has 16 heavy (non-hydrogen) atoms. The first kappa shape index (κ1) is 11.7. The Morgan fingerprint density at radius 1 is 1.12 bits per heavy atom. The summed E-state index contributed by atoms with van der Waals surface area (Å²) in [6.45, 7) is 0. The van der Waals surface area contributed by atoms with Gasteiger partial charge in [0, 0.05) is 4.46 Å². The van der Waals surface area contributed by atoms with E-state index in [1.807, 2.05) is 30.3 Å². The monoisotopic (exact) mass is 229 g/mol. The topological polar surface area (TPSA) is 44.0 Å². The van der Waals surface area contributed by atoms with E-state index in [1.165, 1.54) is 0 Å². The van der Waals surface area contributed by atoms with Crippen molar-refractivity contribution in [1.82, 2.24) is 0 Å². The van der Waals surface area contributed by atoms with Crippen LogP contribution < -0.4 is 0 Å². The van der Waals surface area contributed by atoms with Gasteiger partial charge < -0.3 is 5.11 Å². The van der Waals surface area contributed by atoms with Crippen LogP contribution in [-0.2, 0) is 5.41 Å². The van der Waals surface area contributed by atoms with E-state index in [1.54, 1.807) is 0 Å². The lowest BCUT2D eigenvalue weighted by molar-refractivity contribution is 0.0679. The molecule has 0 bridgehead atoms. The lowest BCUT2D eigenvalue weighted by atomic mass is 9.69. The molecule has 0 saturated heterocycles. The fraction of sp³-hybridized carbons (Fsp3) is 0.462. The zero-order valence-corrected chi connectivity index (χ0v) is 11.6. The Labute approximate surface area is 104 Å². The van der Waals surface area contributed by atoms with Crippen molar-refractivity contribution in [2.75, 3.05) is 0 Å². The first-order valence-electron chi connectivity index (χ1n) is 5.77. The van der Waals surface area contributed by atoms with Gasteiger partial charge in [-0.25, -0.2) is 0 Å². The molecule has 2 nitrogen and oxygen atoms in total. The molecule has 82 valence electrons. The molecule has 3 heteroatoms. The summed E-state index contributed by atoms with van der Waals surface area (Å²) >= 11 is 0.800. The van der Waals surface area contributed by atoms with Crippen LogP contribution in [0.15, 0.2) is 30.3 Å². The largest absolute Gasteiger partial charge is 0.406 e. The molecule has 1 aromatic rings. The van der Waals surface area contributed by atoms with E-state index in [0.717, 1.165) is 47.5 Å². The average molecular weight is 229 g/mol. The van der Waals surface area contributed by atoms with Gasteiger partial charge in [0.2, 0.25) is 0 Å². The second kappa shape index (κ2) is 4.23. The SMILES string of the molecule is N#CC1(c2ccccc2)CC[C](O)([AlH2])CC1. The summed E-state index contributed by atoms with van der Waals surface area (Å²) in [6, 6.07) is 12.5. The fourth-order valence-corrected chi connectivity index (χ4v) is 2.94. The van der Waals surface area contributed by atoms with Gasteiger partial charge in [-0.2, -0.15) is 5.26 Å². The van der Waals surface area contributed by atoms with Crippen LogP contribution >= 0.6 is 0 Å². The van der Waals surface area contributed by atoms with Crippen LogP contribution in [0, 0.1) is 11.3 Å². The maximum atomic E-state index is 10.0. The van der Waals surface area contributed by atoms with Gasteiger partial charge in [0.25, 0.3) is 16.3 Å². The highest BCUT2D eigenvalue weighted by atomic mass is 27.0. The molecule has 1 aliphatic carbocycles. The fourth-order valence-electron chi connectivity index (χ4n) is 2.44. The van der Waals surface area contributed by atoms with Crippen molar-refractivity contribution in [2.24, 2.45) is 0 Å². The van der Waals surface area contributed by atoms with E-state index in [0.29, 0.717) is 0 Å². The molecule has 0 aromatic heterocycles. The highest BCUT2D eigenvalue weighted by molar-refractivity contribution is 6.14. The van der Waals surface area contributed by atoms with E-state index in [2.05, 4.69) is 6.07 Å². The summed E-state index contributed by atoms with van der Waals surface area (Å²) in [5, 5.41) is 19.4. The number of benzene rings is 1. The molecule has 1 N–H and O–H groups in total. The minimum atomic E-state index is -0.449. The minimum Gasteiger partial charge on any atom is -0.406 e. The molecule has 0 unspecified atom stereocenters. The third-order valence-corrected chi connectivity index (χ3v) is 4.72. The molecular formula is C13H16AlNO. The van der Waals surface area contributed by atoms with Crippen LogP contribution in [0.1, 0.15) is 31.2 Å². The van der Waals surface area contributed by atoms with Crippen LogP contribution in [0.25, 0.3) is 0 Å². The van der Waals surface area contributed by atoms with Crippen molar-refractivity contribution in [2.45, 2.75) is 35.6 Å². The van der Waals surface area contributed by atoms with Crippen LogP contribution in [0.3, 0.4) is 0 Å². The summed E-state index contributed by atoms with van der Waals surface area (Å²) in [5.41, 5.74) is 0.743. The smallest absolute Gasteiger partial charge is 0.263 e. The van der Waals surface area contributed by atoms with Gasteiger partial charge in [-0.3, -0.25) is 0 Å². The molecule has 1 aromatic carbocycles. The first-order valence-corrected chi connectivity index (χ1v) is 6.77. The molecule has 0 atom stereocenters. The zero-order chi connectivity index (χ0) is 11.6. The second-order valence-corrected chi connectivity index (χ2v) is 6.92. The van der Waals surface area contributed by atoms with Crippen molar-refractivity contribution in [3.05, 3.63) is 35.9 Å². The summed E-state index contributed by atoms with van der Waals surface area (Å²) in [4.78, 5) is 0.